The number of hydrogen-bond acceptors (Lipinski definition) is 2. The molecule has 2 aromatic rings. The summed E-state index contributed by atoms with van der Waals surface area (Å²) in [4.78, 5) is 11.6. The Morgan fingerprint density at radius 1 is 1.05 bits per heavy atom. The minimum Gasteiger partial charge on any atom is -0.488 e. The van der Waals surface area contributed by atoms with Crippen LogP contribution in [0.25, 0.3) is 0 Å². The van der Waals surface area contributed by atoms with Gasteiger partial charge in [-0.2, -0.15) is 0 Å². The lowest BCUT2D eigenvalue weighted by Gasteiger charge is -2.11. The standard InChI is InChI=1S/C15H11Cl3O2/c1-9(19)13-6-11(16)4-5-15(13)20-8-10-2-3-12(17)7-14(10)18/h2-7H,8H2,1H3. The fourth-order valence-corrected chi connectivity index (χ4v) is 2.33. The monoisotopic (exact) mass is 328 g/mol. The van der Waals surface area contributed by atoms with Crippen molar-refractivity contribution in [2.45, 2.75) is 13.5 Å². The van der Waals surface area contributed by atoms with Crippen LogP contribution >= 0.6 is 34.8 Å². The molecule has 0 aromatic heterocycles. The van der Waals surface area contributed by atoms with Crippen LogP contribution in [0.4, 0.5) is 0 Å². The second-order valence-electron chi connectivity index (χ2n) is 4.22. The average molecular weight is 330 g/mol. The lowest BCUT2D eigenvalue weighted by atomic mass is 10.1. The fourth-order valence-electron chi connectivity index (χ4n) is 1.70. The molecule has 0 spiro atoms. The van der Waals surface area contributed by atoms with Crippen molar-refractivity contribution in [1.29, 1.82) is 0 Å². The first-order valence-corrected chi connectivity index (χ1v) is 6.98. The van der Waals surface area contributed by atoms with Gasteiger partial charge in [-0.15, -0.1) is 0 Å². The van der Waals surface area contributed by atoms with Gasteiger partial charge in [0.2, 0.25) is 0 Å². The zero-order valence-electron chi connectivity index (χ0n) is 10.6. The number of halogens is 3. The normalized spacial score (nSPS) is 10.4. The van der Waals surface area contributed by atoms with Crippen molar-refractivity contribution in [3.05, 3.63) is 62.6 Å². The van der Waals surface area contributed by atoms with Gasteiger partial charge in [-0.25, -0.2) is 0 Å². The van der Waals surface area contributed by atoms with Crippen LogP contribution in [0, 0.1) is 0 Å². The molecule has 0 bridgehead atoms. The molecule has 0 atom stereocenters. The quantitative estimate of drug-likeness (QED) is 0.699. The molecule has 0 saturated carbocycles. The Morgan fingerprint density at radius 2 is 1.70 bits per heavy atom. The van der Waals surface area contributed by atoms with E-state index in [1.54, 1.807) is 36.4 Å². The summed E-state index contributed by atoms with van der Waals surface area (Å²) < 4.78 is 5.65. The molecule has 0 aliphatic heterocycles. The SMILES string of the molecule is CC(=O)c1cc(Cl)ccc1OCc1ccc(Cl)cc1Cl. The van der Waals surface area contributed by atoms with Crippen molar-refractivity contribution >= 4 is 40.6 Å². The predicted octanol–water partition coefficient (Wildman–Crippen LogP) is 5.43. The van der Waals surface area contributed by atoms with Crippen LogP contribution in [0.3, 0.4) is 0 Å². The van der Waals surface area contributed by atoms with Gasteiger partial charge < -0.3 is 4.74 Å². The van der Waals surface area contributed by atoms with Crippen molar-refractivity contribution in [3.8, 4) is 5.75 Å². The Bertz CT molecular complexity index is 654. The maximum atomic E-state index is 11.6. The van der Waals surface area contributed by atoms with Crippen LogP contribution < -0.4 is 4.74 Å². The summed E-state index contributed by atoms with van der Waals surface area (Å²) >= 11 is 17.8. The third-order valence-corrected chi connectivity index (χ3v) is 3.54. The maximum absolute atomic E-state index is 11.6. The molecule has 0 fully saturated rings. The topological polar surface area (TPSA) is 26.3 Å². The van der Waals surface area contributed by atoms with E-state index in [0.717, 1.165) is 5.56 Å². The molecule has 20 heavy (non-hydrogen) atoms. The largest absolute Gasteiger partial charge is 0.488 e. The maximum Gasteiger partial charge on any atom is 0.163 e. The van der Waals surface area contributed by atoms with E-state index in [-0.39, 0.29) is 12.4 Å². The fraction of sp³-hybridized carbons (Fsp3) is 0.133. The number of carbonyl (C=O) groups excluding carboxylic acids is 1. The van der Waals surface area contributed by atoms with Crippen LogP contribution in [-0.4, -0.2) is 5.78 Å². The van der Waals surface area contributed by atoms with E-state index in [1.807, 2.05) is 0 Å². The van der Waals surface area contributed by atoms with Gasteiger partial charge in [0.25, 0.3) is 0 Å². The molecular formula is C15H11Cl3O2. The highest BCUT2D eigenvalue weighted by molar-refractivity contribution is 6.35. The van der Waals surface area contributed by atoms with Crippen molar-refractivity contribution in [2.75, 3.05) is 0 Å². The van der Waals surface area contributed by atoms with Crippen LogP contribution in [0.1, 0.15) is 22.8 Å². The molecule has 2 rings (SSSR count). The van der Waals surface area contributed by atoms with E-state index in [4.69, 9.17) is 39.5 Å². The van der Waals surface area contributed by atoms with Gasteiger partial charge in [-0.05, 0) is 37.3 Å². The lowest BCUT2D eigenvalue weighted by molar-refractivity contribution is 0.101. The predicted molar refractivity (Wildman–Crippen MR) is 82.3 cm³/mol. The zero-order chi connectivity index (χ0) is 14.7. The molecular weight excluding hydrogens is 319 g/mol. The second-order valence-corrected chi connectivity index (χ2v) is 5.50. The lowest BCUT2D eigenvalue weighted by Crippen LogP contribution is -2.02. The molecule has 0 saturated heterocycles. The van der Waals surface area contributed by atoms with Crippen molar-refractivity contribution < 1.29 is 9.53 Å². The highest BCUT2D eigenvalue weighted by Crippen LogP contribution is 2.26. The van der Waals surface area contributed by atoms with Gasteiger partial charge in [0.1, 0.15) is 12.4 Å². The van der Waals surface area contributed by atoms with Crippen molar-refractivity contribution in [2.24, 2.45) is 0 Å². The number of ether oxygens (including phenoxy) is 1. The Labute approximate surface area is 132 Å². The smallest absolute Gasteiger partial charge is 0.163 e. The third kappa shape index (κ3) is 3.66. The number of Topliss-reactive ketones (excluding diaryl/α,β-unsaturated/α-hetero) is 1. The summed E-state index contributed by atoms with van der Waals surface area (Å²) in [6.07, 6.45) is 0. The molecule has 0 unspecified atom stereocenters. The number of ketones is 1. The summed E-state index contributed by atoms with van der Waals surface area (Å²) in [5.74, 6) is 0.373. The van der Waals surface area contributed by atoms with Crippen molar-refractivity contribution in [3.63, 3.8) is 0 Å². The summed E-state index contributed by atoms with van der Waals surface area (Å²) in [5, 5.41) is 1.58. The van der Waals surface area contributed by atoms with Crippen LogP contribution in [-0.2, 0) is 6.61 Å². The summed E-state index contributed by atoms with van der Waals surface area (Å²) in [5.41, 5.74) is 1.24. The average Bonchev–Trinajstić information content (AvgIpc) is 2.38. The molecule has 2 nitrogen and oxygen atoms in total. The van der Waals surface area contributed by atoms with Gasteiger partial charge in [-0.3, -0.25) is 4.79 Å². The Hall–Kier alpha value is -1.22. The first-order chi connectivity index (χ1) is 9.47. The van der Waals surface area contributed by atoms with Crippen LogP contribution in [0.5, 0.6) is 5.75 Å². The van der Waals surface area contributed by atoms with Gasteiger partial charge in [0.05, 0.1) is 5.56 Å². The molecule has 0 amide bonds. The molecule has 104 valence electrons. The first kappa shape index (κ1) is 15.2. The van der Waals surface area contributed by atoms with E-state index < -0.39 is 0 Å². The molecule has 0 aliphatic carbocycles. The summed E-state index contributed by atoms with van der Waals surface area (Å²) in [6.45, 7) is 1.71. The van der Waals surface area contributed by atoms with Gasteiger partial charge >= 0.3 is 0 Å². The van der Waals surface area contributed by atoms with Crippen molar-refractivity contribution in [1.82, 2.24) is 0 Å². The van der Waals surface area contributed by atoms with Gasteiger partial charge in [-0.1, -0.05) is 40.9 Å². The van der Waals surface area contributed by atoms with E-state index in [9.17, 15) is 4.79 Å². The zero-order valence-corrected chi connectivity index (χ0v) is 12.9. The first-order valence-electron chi connectivity index (χ1n) is 5.84. The molecule has 2 aromatic carbocycles. The van der Waals surface area contributed by atoms with Gasteiger partial charge in [0, 0.05) is 20.6 Å². The number of rotatable bonds is 4. The van der Waals surface area contributed by atoms with E-state index in [0.29, 0.717) is 26.4 Å². The summed E-state index contributed by atoms with van der Waals surface area (Å²) in [7, 11) is 0. The van der Waals surface area contributed by atoms with E-state index in [2.05, 4.69) is 0 Å². The van der Waals surface area contributed by atoms with Crippen LogP contribution in [0.2, 0.25) is 15.1 Å². The van der Waals surface area contributed by atoms with Crippen LogP contribution in [0.15, 0.2) is 36.4 Å². The van der Waals surface area contributed by atoms with E-state index >= 15 is 0 Å². The number of benzene rings is 2. The Balaban J connectivity index is 2.20. The third-order valence-electron chi connectivity index (χ3n) is 2.72. The minimum atomic E-state index is -0.107. The highest BCUT2D eigenvalue weighted by Gasteiger charge is 2.10. The molecule has 0 radical (unpaired) electrons. The molecule has 0 heterocycles. The molecule has 0 N–H and O–H groups in total. The Kier molecular flexibility index (Phi) is 4.92. The second kappa shape index (κ2) is 6.49. The number of carbonyl (C=O) groups is 1. The van der Waals surface area contributed by atoms with Gasteiger partial charge in [0.15, 0.2) is 5.78 Å². The molecule has 0 aliphatic rings. The highest BCUT2D eigenvalue weighted by atomic mass is 35.5. The molecule has 5 heteroatoms. The Morgan fingerprint density at radius 3 is 2.35 bits per heavy atom. The van der Waals surface area contributed by atoms with E-state index in [1.165, 1.54) is 6.92 Å². The minimum absolute atomic E-state index is 0.107. The summed E-state index contributed by atoms with van der Waals surface area (Å²) in [6, 6.07) is 10.1. The number of hydrogen-bond donors (Lipinski definition) is 0.